The van der Waals surface area contributed by atoms with Gasteiger partial charge >= 0.3 is 6.03 Å². The summed E-state index contributed by atoms with van der Waals surface area (Å²) >= 11 is 0. The largest absolute Gasteiger partial charge is 0.348 e. The van der Waals surface area contributed by atoms with Crippen molar-refractivity contribution in [2.75, 3.05) is 13.1 Å². The van der Waals surface area contributed by atoms with Crippen LogP contribution in [0.1, 0.15) is 36.2 Å². The van der Waals surface area contributed by atoms with E-state index in [2.05, 4.69) is 28.2 Å². The molecule has 2 aliphatic heterocycles. The Hall–Kier alpha value is -2.12. The van der Waals surface area contributed by atoms with E-state index in [1.54, 1.807) is 31.2 Å². The quantitative estimate of drug-likeness (QED) is 0.597. The number of rotatable bonds is 3. The Labute approximate surface area is 152 Å². The number of halogens is 1. The molecule has 4 amide bonds. The monoisotopic (exact) mass is 366 g/mol. The molecule has 0 bridgehead atoms. The number of benzene rings is 1. The zero-order valence-electron chi connectivity index (χ0n) is 14.2. The van der Waals surface area contributed by atoms with Crippen LogP contribution in [0.2, 0.25) is 0 Å². The fourth-order valence-corrected chi connectivity index (χ4v) is 3.14. The Morgan fingerprint density at radius 2 is 1.92 bits per heavy atom. The molecule has 3 unspecified atom stereocenters. The van der Waals surface area contributed by atoms with E-state index in [0.717, 1.165) is 19.5 Å². The summed E-state index contributed by atoms with van der Waals surface area (Å²) in [5, 5.41) is 11.2. The van der Waals surface area contributed by atoms with Crippen molar-refractivity contribution in [2.45, 2.75) is 31.8 Å². The Kier molecular flexibility index (Phi) is 5.69. The number of imide groups is 1. The summed E-state index contributed by atoms with van der Waals surface area (Å²) in [6.07, 6.45) is 1.04. The minimum Gasteiger partial charge on any atom is -0.348 e. The fourth-order valence-electron chi connectivity index (χ4n) is 3.14. The van der Waals surface area contributed by atoms with Gasteiger partial charge in [-0.25, -0.2) is 4.79 Å². The number of hydrogen-bond acceptors (Lipinski definition) is 4. The van der Waals surface area contributed by atoms with Crippen LogP contribution in [0.3, 0.4) is 0 Å². The molecule has 0 radical (unpaired) electrons. The van der Waals surface area contributed by atoms with E-state index in [0.29, 0.717) is 17.0 Å². The molecule has 8 heteroatoms. The lowest BCUT2D eigenvalue weighted by atomic mass is 9.91. The Balaban J connectivity index is 0.00000225. The summed E-state index contributed by atoms with van der Waals surface area (Å²) in [4.78, 5) is 35.7. The SMILES string of the molecule is CC1CCNCC1NC(=O)c1ccc(C2(C)NC(=O)NC2=O)cc1.Cl. The molecule has 2 heterocycles. The fraction of sp³-hybridized carbons (Fsp3) is 0.471. The second-order valence-corrected chi connectivity index (χ2v) is 6.66. The topological polar surface area (TPSA) is 99.3 Å². The molecule has 2 saturated heterocycles. The van der Waals surface area contributed by atoms with Gasteiger partial charge in [0.2, 0.25) is 0 Å². The number of hydrogen-bond donors (Lipinski definition) is 4. The minimum absolute atomic E-state index is 0. The van der Waals surface area contributed by atoms with E-state index in [-0.39, 0.29) is 24.4 Å². The van der Waals surface area contributed by atoms with E-state index < -0.39 is 17.5 Å². The van der Waals surface area contributed by atoms with Crippen molar-refractivity contribution in [1.82, 2.24) is 21.3 Å². The number of urea groups is 1. The van der Waals surface area contributed by atoms with Crippen molar-refractivity contribution in [3.63, 3.8) is 0 Å². The lowest BCUT2D eigenvalue weighted by molar-refractivity contribution is -0.123. The smallest absolute Gasteiger partial charge is 0.322 e. The number of amides is 4. The van der Waals surface area contributed by atoms with Crippen molar-refractivity contribution in [1.29, 1.82) is 0 Å². The normalized spacial score (nSPS) is 28.6. The molecule has 2 aliphatic rings. The predicted molar refractivity (Wildman–Crippen MR) is 95.6 cm³/mol. The highest BCUT2D eigenvalue weighted by Crippen LogP contribution is 2.24. The highest BCUT2D eigenvalue weighted by Gasteiger charge is 2.43. The van der Waals surface area contributed by atoms with Gasteiger partial charge in [-0.3, -0.25) is 14.9 Å². The Morgan fingerprint density at radius 1 is 1.24 bits per heavy atom. The van der Waals surface area contributed by atoms with Gasteiger partial charge in [0.25, 0.3) is 11.8 Å². The highest BCUT2D eigenvalue weighted by atomic mass is 35.5. The van der Waals surface area contributed by atoms with Gasteiger partial charge < -0.3 is 16.0 Å². The van der Waals surface area contributed by atoms with Crippen LogP contribution >= 0.6 is 12.4 Å². The summed E-state index contributed by atoms with van der Waals surface area (Å²) in [6.45, 7) is 5.53. The zero-order valence-corrected chi connectivity index (χ0v) is 15.0. The van der Waals surface area contributed by atoms with Gasteiger partial charge in [0.05, 0.1) is 0 Å². The van der Waals surface area contributed by atoms with Gasteiger partial charge in [0, 0.05) is 18.2 Å². The van der Waals surface area contributed by atoms with Crippen molar-refractivity contribution in [3.8, 4) is 0 Å². The number of nitrogens with one attached hydrogen (secondary N) is 4. The standard InChI is InChI=1S/C17H22N4O3.ClH/c1-10-7-8-18-9-13(10)19-14(22)11-3-5-12(6-4-11)17(2)15(23)20-16(24)21-17;/h3-6,10,13,18H,7-9H2,1-2H3,(H,19,22)(H2,20,21,23,24);1H. The zero-order chi connectivity index (χ0) is 17.3. The van der Waals surface area contributed by atoms with Crippen molar-refractivity contribution in [2.24, 2.45) is 5.92 Å². The maximum absolute atomic E-state index is 12.4. The maximum atomic E-state index is 12.4. The van der Waals surface area contributed by atoms with Gasteiger partial charge in [-0.15, -0.1) is 12.4 Å². The average Bonchev–Trinajstić information content (AvgIpc) is 2.83. The summed E-state index contributed by atoms with van der Waals surface area (Å²) in [7, 11) is 0. The molecule has 136 valence electrons. The second kappa shape index (κ2) is 7.41. The number of carbonyl (C=O) groups is 3. The molecule has 0 aliphatic carbocycles. The van der Waals surface area contributed by atoms with Crippen LogP contribution in [-0.4, -0.2) is 37.0 Å². The summed E-state index contributed by atoms with van der Waals surface area (Å²) in [5.41, 5.74) is 0.0633. The summed E-state index contributed by atoms with van der Waals surface area (Å²) < 4.78 is 0. The van der Waals surface area contributed by atoms with Crippen LogP contribution in [0.15, 0.2) is 24.3 Å². The molecule has 7 nitrogen and oxygen atoms in total. The summed E-state index contributed by atoms with van der Waals surface area (Å²) in [6, 6.07) is 6.35. The van der Waals surface area contributed by atoms with Crippen LogP contribution in [0.4, 0.5) is 4.79 Å². The van der Waals surface area contributed by atoms with Crippen LogP contribution in [-0.2, 0) is 10.3 Å². The van der Waals surface area contributed by atoms with Gasteiger partial charge in [0.1, 0.15) is 5.54 Å². The average molecular weight is 367 g/mol. The van der Waals surface area contributed by atoms with E-state index >= 15 is 0 Å². The highest BCUT2D eigenvalue weighted by molar-refractivity contribution is 6.07. The van der Waals surface area contributed by atoms with Gasteiger partial charge in [0.15, 0.2) is 0 Å². The minimum atomic E-state index is -1.10. The van der Waals surface area contributed by atoms with E-state index in [4.69, 9.17) is 0 Å². The molecule has 3 atom stereocenters. The first kappa shape index (κ1) is 19.2. The first-order valence-electron chi connectivity index (χ1n) is 8.16. The lowest BCUT2D eigenvalue weighted by Gasteiger charge is -2.30. The van der Waals surface area contributed by atoms with Crippen molar-refractivity contribution in [3.05, 3.63) is 35.4 Å². The van der Waals surface area contributed by atoms with Gasteiger partial charge in [-0.05, 0) is 43.5 Å². The molecule has 3 rings (SSSR count). The van der Waals surface area contributed by atoms with E-state index in [1.165, 1.54) is 0 Å². The molecular formula is C17H23ClN4O3. The Morgan fingerprint density at radius 3 is 2.48 bits per heavy atom. The van der Waals surface area contributed by atoms with Crippen LogP contribution in [0.25, 0.3) is 0 Å². The van der Waals surface area contributed by atoms with E-state index in [9.17, 15) is 14.4 Å². The molecule has 0 aromatic heterocycles. The van der Waals surface area contributed by atoms with E-state index in [1.807, 2.05) is 0 Å². The number of piperidine rings is 1. The lowest BCUT2D eigenvalue weighted by Crippen LogP contribution is -2.50. The van der Waals surface area contributed by atoms with Gasteiger partial charge in [-0.1, -0.05) is 19.1 Å². The molecule has 25 heavy (non-hydrogen) atoms. The maximum Gasteiger partial charge on any atom is 0.322 e. The van der Waals surface area contributed by atoms with Crippen molar-refractivity contribution >= 4 is 30.3 Å². The van der Waals surface area contributed by atoms with Crippen LogP contribution in [0, 0.1) is 5.92 Å². The molecule has 1 aromatic rings. The molecular weight excluding hydrogens is 344 g/mol. The third-order valence-corrected chi connectivity index (χ3v) is 4.91. The molecule has 2 fully saturated rings. The predicted octanol–water partition coefficient (Wildman–Crippen LogP) is 0.891. The molecule has 0 spiro atoms. The third kappa shape index (κ3) is 3.77. The third-order valence-electron chi connectivity index (χ3n) is 4.91. The summed E-state index contributed by atoms with van der Waals surface area (Å²) in [5.74, 6) is -0.0928. The molecule has 1 aromatic carbocycles. The first-order chi connectivity index (χ1) is 11.4. The molecule has 4 N–H and O–H groups in total. The van der Waals surface area contributed by atoms with Crippen LogP contribution < -0.4 is 21.3 Å². The van der Waals surface area contributed by atoms with Crippen molar-refractivity contribution < 1.29 is 14.4 Å². The Bertz CT molecular complexity index is 679. The van der Waals surface area contributed by atoms with Gasteiger partial charge in [-0.2, -0.15) is 0 Å². The second-order valence-electron chi connectivity index (χ2n) is 6.66. The number of carbonyl (C=O) groups excluding carboxylic acids is 3. The van der Waals surface area contributed by atoms with Crippen LogP contribution in [0.5, 0.6) is 0 Å². The first-order valence-corrected chi connectivity index (χ1v) is 8.16. The molecule has 0 saturated carbocycles.